The van der Waals surface area contributed by atoms with Gasteiger partial charge in [0.2, 0.25) is 0 Å². The maximum Gasteiger partial charge on any atom is 0.123 e. The lowest BCUT2D eigenvalue weighted by molar-refractivity contribution is 0.410. The standard InChI is InChI=1S/C12H13NOS/c1-14-11-5-4-9(7-10(11)8-13)12-3-2-6-15-12/h2-7H,8,13H2,1H3. The summed E-state index contributed by atoms with van der Waals surface area (Å²) >= 11 is 1.73. The molecular formula is C12H13NOS. The Morgan fingerprint density at radius 1 is 1.33 bits per heavy atom. The van der Waals surface area contributed by atoms with Crippen LogP contribution in [0, 0.1) is 0 Å². The molecule has 0 amide bonds. The van der Waals surface area contributed by atoms with Crippen molar-refractivity contribution in [3.05, 3.63) is 41.3 Å². The van der Waals surface area contributed by atoms with Gasteiger partial charge in [-0.1, -0.05) is 6.07 Å². The van der Waals surface area contributed by atoms with E-state index < -0.39 is 0 Å². The molecule has 3 heteroatoms. The second-order valence-corrected chi connectivity index (χ2v) is 4.16. The van der Waals surface area contributed by atoms with Gasteiger partial charge in [-0.25, -0.2) is 0 Å². The van der Waals surface area contributed by atoms with E-state index in [4.69, 9.17) is 10.5 Å². The molecule has 1 aromatic heterocycles. The van der Waals surface area contributed by atoms with Crippen molar-refractivity contribution in [2.24, 2.45) is 5.73 Å². The summed E-state index contributed by atoms with van der Waals surface area (Å²) in [5, 5.41) is 2.07. The van der Waals surface area contributed by atoms with Crippen molar-refractivity contribution >= 4 is 11.3 Å². The third-order valence-electron chi connectivity index (χ3n) is 2.31. The first-order valence-electron chi connectivity index (χ1n) is 4.76. The van der Waals surface area contributed by atoms with Crippen molar-refractivity contribution in [1.29, 1.82) is 0 Å². The summed E-state index contributed by atoms with van der Waals surface area (Å²) in [7, 11) is 1.67. The van der Waals surface area contributed by atoms with Crippen molar-refractivity contribution < 1.29 is 4.74 Å². The first kappa shape index (κ1) is 10.2. The molecule has 1 aromatic carbocycles. The molecule has 2 N–H and O–H groups in total. The summed E-state index contributed by atoms with van der Waals surface area (Å²) in [4.78, 5) is 1.26. The molecule has 78 valence electrons. The van der Waals surface area contributed by atoms with Crippen LogP contribution >= 0.6 is 11.3 Å². The average molecular weight is 219 g/mol. The molecule has 0 saturated carbocycles. The van der Waals surface area contributed by atoms with Crippen LogP contribution in [0.3, 0.4) is 0 Å². The normalized spacial score (nSPS) is 10.3. The molecule has 0 saturated heterocycles. The minimum Gasteiger partial charge on any atom is -0.496 e. The highest BCUT2D eigenvalue weighted by Crippen LogP contribution is 2.29. The summed E-state index contributed by atoms with van der Waals surface area (Å²) < 4.78 is 5.23. The number of rotatable bonds is 3. The molecule has 0 atom stereocenters. The van der Waals surface area contributed by atoms with Crippen molar-refractivity contribution in [3.63, 3.8) is 0 Å². The van der Waals surface area contributed by atoms with E-state index in [1.54, 1.807) is 18.4 Å². The molecule has 2 rings (SSSR count). The van der Waals surface area contributed by atoms with E-state index >= 15 is 0 Å². The summed E-state index contributed by atoms with van der Waals surface area (Å²) in [6.07, 6.45) is 0. The zero-order valence-electron chi connectivity index (χ0n) is 8.57. The second-order valence-electron chi connectivity index (χ2n) is 3.21. The third kappa shape index (κ3) is 2.03. The van der Waals surface area contributed by atoms with Gasteiger partial charge in [-0.3, -0.25) is 0 Å². The average Bonchev–Trinajstić information content (AvgIpc) is 2.81. The predicted molar refractivity (Wildman–Crippen MR) is 64.2 cm³/mol. The summed E-state index contributed by atoms with van der Waals surface area (Å²) in [5.74, 6) is 0.859. The lowest BCUT2D eigenvalue weighted by Gasteiger charge is -2.08. The first-order valence-corrected chi connectivity index (χ1v) is 5.64. The van der Waals surface area contributed by atoms with Crippen LogP contribution < -0.4 is 10.5 Å². The molecule has 2 nitrogen and oxygen atoms in total. The smallest absolute Gasteiger partial charge is 0.123 e. The molecule has 0 radical (unpaired) electrons. The van der Waals surface area contributed by atoms with Gasteiger partial charge in [-0.15, -0.1) is 11.3 Å². The maximum absolute atomic E-state index is 5.67. The van der Waals surface area contributed by atoms with Gasteiger partial charge in [0.15, 0.2) is 0 Å². The molecule has 15 heavy (non-hydrogen) atoms. The van der Waals surface area contributed by atoms with E-state index in [-0.39, 0.29) is 0 Å². The highest BCUT2D eigenvalue weighted by molar-refractivity contribution is 7.13. The monoisotopic (exact) mass is 219 g/mol. The van der Waals surface area contributed by atoms with Crippen LogP contribution in [0.4, 0.5) is 0 Å². The van der Waals surface area contributed by atoms with Crippen LogP contribution in [0.1, 0.15) is 5.56 Å². The molecule has 0 aliphatic rings. The van der Waals surface area contributed by atoms with Gasteiger partial charge in [-0.05, 0) is 35.2 Å². The van der Waals surface area contributed by atoms with Crippen LogP contribution in [0.2, 0.25) is 0 Å². The Kier molecular flexibility index (Phi) is 3.04. The topological polar surface area (TPSA) is 35.2 Å². The van der Waals surface area contributed by atoms with Crippen molar-refractivity contribution in [2.45, 2.75) is 6.54 Å². The Balaban J connectivity index is 2.43. The third-order valence-corrected chi connectivity index (χ3v) is 3.22. The fraction of sp³-hybridized carbons (Fsp3) is 0.167. The molecule has 0 aliphatic carbocycles. The Hall–Kier alpha value is -1.32. The Morgan fingerprint density at radius 2 is 2.20 bits per heavy atom. The largest absolute Gasteiger partial charge is 0.496 e. The van der Waals surface area contributed by atoms with Gasteiger partial charge in [0, 0.05) is 17.0 Å². The van der Waals surface area contributed by atoms with Crippen LogP contribution in [0.25, 0.3) is 10.4 Å². The summed E-state index contributed by atoms with van der Waals surface area (Å²) in [6, 6.07) is 10.3. The summed E-state index contributed by atoms with van der Waals surface area (Å²) in [5.41, 5.74) is 7.92. The number of hydrogen-bond acceptors (Lipinski definition) is 3. The number of hydrogen-bond donors (Lipinski definition) is 1. The highest BCUT2D eigenvalue weighted by Gasteiger charge is 2.04. The Labute approximate surface area is 93.3 Å². The van der Waals surface area contributed by atoms with E-state index in [0.29, 0.717) is 6.54 Å². The molecule has 0 fully saturated rings. The summed E-state index contributed by atoms with van der Waals surface area (Å²) in [6.45, 7) is 0.502. The fourth-order valence-electron chi connectivity index (χ4n) is 1.53. The van der Waals surface area contributed by atoms with Crippen molar-refractivity contribution in [3.8, 4) is 16.2 Å². The van der Waals surface area contributed by atoms with E-state index in [9.17, 15) is 0 Å². The SMILES string of the molecule is COc1ccc(-c2cccs2)cc1CN. The first-order chi connectivity index (χ1) is 7.35. The van der Waals surface area contributed by atoms with E-state index in [0.717, 1.165) is 11.3 Å². The van der Waals surface area contributed by atoms with Crippen LogP contribution in [0.15, 0.2) is 35.7 Å². The van der Waals surface area contributed by atoms with Gasteiger partial charge in [-0.2, -0.15) is 0 Å². The minimum atomic E-state index is 0.502. The van der Waals surface area contributed by atoms with Crippen LogP contribution in [-0.4, -0.2) is 7.11 Å². The van der Waals surface area contributed by atoms with Gasteiger partial charge in [0.25, 0.3) is 0 Å². The Morgan fingerprint density at radius 3 is 2.80 bits per heavy atom. The highest BCUT2D eigenvalue weighted by atomic mass is 32.1. The van der Waals surface area contributed by atoms with Crippen molar-refractivity contribution in [2.75, 3.05) is 7.11 Å². The van der Waals surface area contributed by atoms with Gasteiger partial charge in [0.1, 0.15) is 5.75 Å². The van der Waals surface area contributed by atoms with E-state index in [1.165, 1.54) is 10.4 Å². The molecule has 0 aliphatic heterocycles. The zero-order chi connectivity index (χ0) is 10.7. The van der Waals surface area contributed by atoms with E-state index in [1.807, 2.05) is 12.1 Å². The number of ether oxygens (including phenoxy) is 1. The van der Waals surface area contributed by atoms with E-state index in [2.05, 4.69) is 23.6 Å². The molecule has 2 aromatic rings. The fourth-order valence-corrected chi connectivity index (χ4v) is 2.26. The molecule has 0 spiro atoms. The molecule has 0 bridgehead atoms. The quantitative estimate of drug-likeness (QED) is 0.861. The maximum atomic E-state index is 5.67. The second kappa shape index (κ2) is 4.47. The minimum absolute atomic E-state index is 0.502. The number of thiophene rings is 1. The molecule has 0 unspecified atom stereocenters. The number of methoxy groups -OCH3 is 1. The lowest BCUT2D eigenvalue weighted by Crippen LogP contribution is -1.99. The van der Waals surface area contributed by atoms with Gasteiger partial charge >= 0.3 is 0 Å². The number of nitrogens with two attached hydrogens (primary N) is 1. The molecular weight excluding hydrogens is 206 g/mol. The van der Waals surface area contributed by atoms with Crippen molar-refractivity contribution in [1.82, 2.24) is 0 Å². The van der Waals surface area contributed by atoms with Crippen LogP contribution in [0.5, 0.6) is 5.75 Å². The zero-order valence-corrected chi connectivity index (χ0v) is 9.38. The molecule has 1 heterocycles. The lowest BCUT2D eigenvalue weighted by atomic mass is 10.1. The number of benzene rings is 1. The predicted octanol–water partition coefficient (Wildman–Crippen LogP) is 2.88. The van der Waals surface area contributed by atoms with Gasteiger partial charge in [0.05, 0.1) is 7.11 Å². The Bertz CT molecular complexity index is 437. The van der Waals surface area contributed by atoms with Crippen LogP contribution in [-0.2, 0) is 6.54 Å². The van der Waals surface area contributed by atoms with Gasteiger partial charge < -0.3 is 10.5 Å².